The van der Waals surface area contributed by atoms with Crippen molar-refractivity contribution in [2.75, 3.05) is 5.43 Å². The zero-order valence-electron chi connectivity index (χ0n) is 12.8. The van der Waals surface area contributed by atoms with E-state index in [0.29, 0.717) is 17.6 Å². The van der Waals surface area contributed by atoms with Crippen molar-refractivity contribution in [1.29, 1.82) is 0 Å². The lowest BCUT2D eigenvalue weighted by molar-refractivity contribution is 0.447. The summed E-state index contributed by atoms with van der Waals surface area (Å²) in [5, 5.41) is 4.36. The van der Waals surface area contributed by atoms with E-state index in [2.05, 4.69) is 20.5 Å². The van der Waals surface area contributed by atoms with Crippen LogP contribution in [-0.4, -0.2) is 19.7 Å². The average Bonchev–Trinajstić information content (AvgIpc) is 3.26. The SMILES string of the molecule is Cc1nn(C)c(C)c1Oc1nc(C2CC2)nc(NN)c1C. The number of nitrogens with two attached hydrogens (primary N) is 1. The predicted molar refractivity (Wildman–Crippen MR) is 79.3 cm³/mol. The molecule has 0 amide bonds. The molecule has 2 aromatic rings. The van der Waals surface area contributed by atoms with E-state index >= 15 is 0 Å². The molecule has 7 nitrogen and oxygen atoms in total. The Balaban J connectivity index is 2.02. The third kappa shape index (κ3) is 2.44. The molecule has 112 valence electrons. The van der Waals surface area contributed by atoms with Crippen molar-refractivity contribution in [1.82, 2.24) is 19.7 Å². The lowest BCUT2D eigenvalue weighted by Crippen LogP contribution is -2.13. The Morgan fingerprint density at radius 3 is 2.48 bits per heavy atom. The van der Waals surface area contributed by atoms with Gasteiger partial charge in [-0.3, -0.25) is 4.68 Å². The molecule has 1 saturated carbocycles. The Labute approximate surface area is 123 Å². The van der Waals surface area contributed by atoms with Crippen LogP contribution in [0.15, 0.2) is 0 Å². The Hall–Kier alpha value is -2.15. The fourth-order valence-electron chi connectivity index (χ4n) is 2.28. The molecular weight excluding hydrogens is 268 g/mol. The quantitative estimate of drug-likeness (QED) is 0.661. The molecule has 1 aliphatic rings. The van der Waals surface area contributed by atoms with E-state index in [1.54, 1.807) is 4.68 Å². The molecule has 0 radical (unpaired) electrons. The van der Waals surface area contributed by atoms with Gasteiger partial charge in [-0.25, -0.2) is 10.8 Å². The first-order valence-corrected chi connectivity index (χ1v) is 7.04. The molecule has 2 aromatic heterocycles. The van der Waals surface area contributed by atoms with Crippen LogP contribution in [0.5, 0.6) is 11.6 Å². The van der Waals surface area contributed by atoms with Gasteiger partial charge in [-0.2, -0.15) is 10.1 Å². The second kappa shape index (κ2) is 5.00. The molecule has 0 saturated heterocycles. The number of nitrogens with one attached hydrogen (secondary N) is 1. The molecule has 2 heterocycles. The first-order valence-electron chi connectivity index (χ1n) is 7.04. The summed E-state index contributed by atoms with van der Waals surface area (Å²) in [5.41, 5.74) is 5.22. The van der Waals surface area contributed by atoms with Crippen molar-refractivity contribution in [3.63, 3.8) is 0 Å². The minimum absolute atomic E-state index is 0.427. The van der Waals surface area contributed by atoms with Crippen molar-refractivity contribution in [3.05, 3.63) is 22.8 Å². The zero-order chi connectivity index (χ0) is 15.1. The molecular formula is C14H20N6O. The van der Waals surface area contributed by atoms with Crippen molar-refractivity contribution in [2.24, 2.45) is 12.9 Å². The van der Waals surface area contributed by atoms with Crippen molar-refractivity contribution in [3.8, 4) is 11.6 Å². The van der Waals surface area contributed by atoms with Crippen LogP contribution in [0.4, 0.5) is 5.82 Å². The number of hydrazine groups is 1. The number of hydrogen-bond donors (Lipinski definition) is 2. The Bertz CT molecular complexity index is 689. The molecule has 1 fully saturated rings. The van der Waals surface area contributed by atoms with Gasteiger partial charge in [0.1, 0.15) is 11.5 Å². The molecule has 0 atom stereocenters. The summed E-state index contributed by atoms with van der Waals surface area (Å²) >= 11 is 0. The maximum atomic E-state index is 6.02. The van der Waals surface area contributed by atoms with Crippen molar-refractivity contribution < 1.29 is 4.74 Å². The Kier molecular flexibility index (Phi) is 3.29. The highest BCUT2D eigenvalue weighted by Gasteiger charge is 2.29. The summed E-state index contributed by atoms with van der Waals surface area (Å²) < 4.78 is 7.82. The summed E-state index contributed by atoms with van der Waals surface area (Å²) in [4.78, 5) is 9.02. The highest BCUT2D eigenvalue weighted by atomic mass is 16.5. The second-order valence-corrected chi connectivity index (χ2v) is 5.50. The monoisotopic (exact) mass is 288 g/mol. The van der Waals surface area contributed by atoms with Crippen LogP contribution in [-0.2, 0) is 7.05 Å². The third-order valence-electron chi connectivity index (χ3n) is 3.84. The molecule has 7 heteroatoms. The van der Waals surface area contributed by atoms with Crippen LogP contribution in [0, 0.1) is 20.8 Å². The molecule has 0 spiro atoms. The van der Waals surface area contributed by atoms with Gasteiger partial charge in [-0.1, -0.05) is 0 Å². The first-order chi connectivity index (χ1) is 10.0. The lowest BCUT2D eigenvalue weighted by atomic mass is 10.3. The zero-order valence-corrected chi connectivity index (χ0v) is 12.8. The highest BCUT2D eigenvalue weighted by Crippen LogP contribution is 2.40. The molecule has 0 bridgehead atoms. The Morgan fingerprint density at radius 2 is 1.95 bits per heavy atom. The number of rotatable bonds is 4. The summed E-state index contributed by atoms with van der Waals surface area (Å²) in [6.45, 7) is 5.78. The van der Waals surface area contributed by atoms with Crippen LogP contribution >= 0.6 is 0 Å². The molecule has 0 aromatic carbocycles. The van der Waals surface area contributed by atoms with E-state index < -0.39 is 0 Å². The first kappa shape index (κ1) is 13.8. The molecule has 1 aliphatic carbocycles. The number of anilines is 1. The van der Waals surface area contributed by atoms with Crippen molar-refractivity contribution in [2.45, 2.75) is 39.5 Å². The smallest absolute Gasteiger partial charge is 0.227 e. The standard InChI is InChI=1S/C14H20N6O/c1-7-12(18-15)16-13(10-5-6-10)17-14(7)21-11-8(2)19-20(4)9(11)3/h10H,5-6,15H2,1-4H3,(H,16,17,18). The van der Waals surface area contributed by atoms with E-state index in [1.807, 2.05) is 27.8 Å². The van der Waals surface area contributed by atoms with E-state index in [0.717, 1.165) is 41.4 Å². The van der Waals surface area contributed by atoms with Crippen LogP contribution < -0.4 is 16.0 Å². The third-order valence-corrected chi connectivity index (χ3v) is 3.84. The van der Waals surface area contributed by atoms with Gasteiger partial charge in [0.2, 0.25) is 5.88 Å². The van der Waals surface area contributed by atoms with E-state index in [1.165, 1.54) is 0 Å². The van der Waals surface area contributed by atoms with Gasteiger partial charge < -0.3 is 10.2 Å². The number of nitrogens with zero attached hydrogens (tertiary/aromatic N) is 4. The highest BCUT2D eigenvalue weighted by molar-refractivity contribution is 5.50. The maximum Gasteiger partial charge on any atom is 0.227 e. The van der Waals surface area contributed by atoms with Crippen LogP contribution in [0.1, 0.15) is 41.5 Å². The maximum absolute atomic E-state index is 6.02. The van der Waals surface area contributed by atoms with Gasteiger partial charge in [0.05, 0.1) is 11.3 Å². The van der Waals surface area contributed by atoms with Crippen LogP contribution in [0.3, 0.4) is 0 Å². The minimum Gasteiger partial charge on any atom is -0.435 e. The second-order valence-electron chi connectivity index (χ2n) is 5.50. The molecule has 0 unspecified atom stereocenters. The summed E-state index contributed by atoms with van der Waals surface area (Å²) in [5.74, 6) is 8.67. The normalized spacial score (nSPS) is 14.3. The number of ether oxygens (including phenoxy) is 1. The summed E-state index contributed by atoms with van der Waals surface area (Å²) in [7, 11) is 1.89. The molecule has 3 rings (SSSR count). The van der Waals surface area contributed by atoms with Crippen molar-refractivity contribution >= 4 is 5.82 Å². The van der Waals surface area contributed by atoms with Gasteiger partial charge in [0, 0.05) is 13.0 Å². The average molecular weight is 288 g/mol. The number of nitrogen functional groups attached to an aromatic ring is 1. The largest absolute Gasteiger partial charge is 0.435 e. The van der Waals surface area contributed by atoms with Crippen LogP contribution in [0.25, 0.3) is 0 Å². The van der Waals surface area contributed by atoms with Gasteiger partial charge in [-0.15, -0.1) is 0 Å². The molecule has 0 aliphatic heterocycles. The van der Waals surface area contributed by atoms with E-state index in [-0.39, 0.29) is 0 Å². The topological polar surface area (TPSA) is 90.9 Å². The predicted octanol–water partition coefficient (Wildman–Crippen LogP) is 2.09. The molecule has 3 N–H and O–H groups in total. The van der Waals surface area contributed by atoms with Gasteiger partial charge in [-0.05, 0) is 33.6 Å². The number of aryl methyl sites for hydroxylation is 2. The van der Waals surface area contributed by atoms with Gasteiger partial charge in [0.25, 0.3) is 0 Å². The fourth-order valence-corrected chi connectivity index (χ4v) is 2.28. The number of hydrogen-bond acceptors (Lipinski definition) is 6. The minimum atomic E-state index is 0.427. The summed E-state index contributed by atoms with van der Waals surface area (Å²) in [6.07, 6.45) is 2.24. The van der Waals surface area contributed by atoms with Crippen LogP contribution in [0.2, 0.25) is 0 Å². The van der Waals surface area contributed by atoms with Gasteiger partial charge >= 0.3 is 0 Å². The molecule has 21 heavy (non-hydrogen) atoms. The lowest BCUT2D eigenvalue weighted by Gasteiger charge is -2.12. The van der Waals surface area contributed by atoms with Gasteiger partial charge in [0.15, 0.2) is 11.6 Å². The Morgan fingerprint density at radius 1 is 1.24 bits per heavy atom. The van der Waals surface area contributed by atoms with E-state index in [9.17, 15) is 0 Å². The van der Waals surface area contributed by atoms with E-state index in [4.69, 9.17) is 10.6 Å². The number of aromatic nitrogens is 4. The summed E-state index contributed by atoms with van der Waals surface area (Å²) in [6, 6.07) is 0. The fraction of sp³-hybridized carbons (Fsp3) is 0.500.